The molecule has 0 saturated carbocycles. The summed E-state index contributed by atoms with van der Waals surface area (Å²) < 4.78 is 5.00. The lowest BCUT2D eigenvalue weighted by Crippen LogP contribution is -2.29. The van der Waals surface area contributed by atoms with E-state index >= 15 is 0 Å². The summed E-state index contributed by atoms with van der Waals surface area (Å²) in [5, 5.41) is 2.71. The fourth-order valence-corrected chi connectivity index (χ4v) is 4.79. The Morgan fingerprint density at radius 2 is 1.48 bits per heavy atom. The van der Waals surface area contributed by atoms with Crippen LogP contribution in [0.15, 0.2) is 60.7 Å². The van der Waals surface area contributed by atoms with Gasteiger partial charge in [0.1, 0.15) is 6.61 Å². The molecule has 3 rings (SSSR count). The lowest BCUT2D eigenvalue weighted by atomic mass is 10.4. The number of benzene rings is 2. The second-order valence-electron chi connectivity index (χ2n) is 4.92. The van der Waals surface area contributed by atoms with Crippen molar-refractivity contribution >= 4 is 24.6 Å². The number of cyclic esters (lactones) is 1. The predicted molar refractivity (Wildman–Crippen MR) is 98.2 cm³/mol. The maximum absolute atomic E-state index is 11.6. The minimum absolute atomic E-state index is 0.175. The van der Waals surface area contributed by atoms with Crippen LogP contribution >= 0.6 is 7.92 Å². The molecule has 1 heterocycles. The molecule has 4 heteroatoms. The minimum atomic E-state index is -0.436. The minimum Gasteiger partial charge on any atom is -0.448 e. The average Bonchev–Trinajstić information content (AvgIpc) is 3.04. The molecule has 3 nitrogen and oxygen atoms in total. The molecule has 1 aliphatic heterocycles. The summed E-state index contributed by atoms with van der Waals surface area (Å²) in [5.74, 6) is 0. The van der Waals surface area contributed by atoms with E-state index in [1.54, 1.807) is 4.90 Å². The van der Waals surface area contributed by atoms with E-state index in [1.807, 2.05) is 26.0 Å². The number of nitrogens with zero attached hydrogens (tertiary/aromatic N) is 1. The van der Waals surface area contributed by atoms with Gasteiger partial charge in [0.2, 0.25) is 0 Å². The molecule has 1 fully saturated rings. The van der Waals surface area contributed by atoms with Crippen molar-refractivity contribution in [3.8, 4) is 0 Å². The molecular formula is C19H24NO2P. The maximum atomic E-state index is 11.6. The highest BCUT2D eigenvalue weighted by atomic mass is 31.1. The quantitative estimate of drug-likeness (QED) is 0.785. The molecule has 1 saturated heterocycles. The third kappa shape index (κ3) is 4.80. The Labute approximate surface area is 140 Å². The van der Waals surface area contributed by atoms with Crippen LogP contribution in [0.2, 0.25) is 0 Å². The molecule has 2 aromatic carbocycles. The monoisotopic (exact) mass is 329 g/mol. The van der Waals surface area contributed by atoms with E-state index in [4.69, 9.17) is 4.74 Å². The Kier molecular flexibility index (Phi) is 7.09. The van der Waals surface area contributed by atoms with Gasteiger partial charge in [0.25, 0.3) is 0 Å². The van der Waals surface area contributed by atoms with Crippen molar-refractivity contribution in [2.75, 3.05) is 25.9 Å². The van der Waals surface area contributed by atoms with Crippen molar-refractivity contribution in [2.24, 2.45) is 0 Å². The first-order valence-corrected chi connectivity index (χ1v) is 9.66. The van der Waals surface area contributed by atoms with E-state index in [0.717, 1.165) is 12.7 Å². The molecule has 0 atom stereocenters. The van der Waals surface area contributed by atoms with Crippen LogP contribution in [0.1, 0.15) is 13.8 Å². The smallest absolute Gasteiger partial charge is 0.409 e. The van der Waals surface area contributed by atoms with Crippen LogP contribution in [0.4, 0.5) is 4.79 Å². The van der Waals surface area contributed by atoms with E-state index < -0.39 is 7.92 Å². The van der Waals surface area contributed by atoms with Gasteiger partial charge < -0.3 is 9.64 Å². The Morgan fingerprint density at radius 1 is 0.957 bits per heavy atom. The van der Waals surface area contributed by atoms with Gasteiger partial charge in [0.05, 0.1) is 6.54 Å². The summed E-state index contributed by atoms with van der Waals surface area (Å²) in [6, 6.07) is 21.1. The number of ether oxygens (including phenoxy) is 1. The number of hydrogen-bond acceptors (Lipinski definition) is 2. The van der Waals surface area contributed by atoms with Crippen molar-refractivity contribution < 1.29 is 9.53 Å². The third-order valence-electron chi connectivity index (χ3n) is 3.57. The first-order chi connectivity index (χ1) is 11.3. The highest BCUT2D eigenvalue weighted by Crippen LogP contribution is 2.33. The van der Waals surface area contributed by atoms with Gasteiger partial charge in [-0.1, -0.05) is 74.5 Å². The number of carbonyl (C=O) groups excluding carboxylic acids is 1. The number of hydrogen-bond donors (Lipinski definition) is 0. The summed E-state index contributed by atoms with van der Waals surface area (Å²) in [6.45, 7) is 5.99. The van der Waals surface area contributed by atoms with E-state index in [0.29, 0.717) is 13.2 Å². The van der Waals surface area contributed by atoms with Gasteiger partial charge in [0, 0.05) is 6.54 Å². The molecule has 0 bridgehead atoms. The van der Waals surface area contributed by atoms with Crippen molar-refractivity contribution in [3.63, 3.8) is 0 Å². The van der Waals surface area contributed by atoms with Gasteiger partial charge >= 0.3 is 6.09 Å². The fourth-order valence-electron chi connectivity index (χ4n) is 2.47. The van der Waals surface area contributed by atoms with Crippen LogP contribution in [0.3, 0.4) is 0 Å². The highest BCUT2D eigenvalue weighted by molar-refractivity contribution is 7.73. The maximum Gasteiger partial charge on any atom is 0.409 e. The molecule has 0 N–H and O–H groups in total. The zero-order valence-corrected chi connectivity index (χ0v) is 14.7. The topological polar surface area (TPSA) is 29.5 Å². The largest absolute Gasteiger partial charge is 0.448 e. The second kappa shape index (κ2) is 9.32. The normalized spacial score (nSPS) is 13.5. The molecule has 0 aromatic heterocycles. The third-order valence-corrected chi connectivity index (χ3v) is 6.06. The summed E-state index contributed by atoms with van der Waals surface area (Å²) in [5.41, 5.74) is 0. The van der Waals surface area contributed by atoms with Gasteiger partial charge in [-0.15, -0.1) is 0 Å². The standard InChI is InChI=1S/C17H18NO2P.C2H6/c19-17-18(11-13-20-17)12-14-21(15-7-3-1-4-8-15)16-9-5-2-6-10-16;1-2/h1-10H,11-14H2;1-2H3. The predicted octanol–water partition coefficient (Wildman–Crippen LogP) is 3.60. The summed E-state index contributed by atoms with van der Waals surface area (Å²) >= 11 is 0. The van der Waals surface area contributed by atoms with E-state index in [-0.39, 0.29) is 6.09 Å². The van der Waals surface area contributed by atoms with Gasteiger partial charge in [-0.2, -0.15) is 0 Å². The van der Waals surface area contributed by atoms with Crippen LogP contribution < -0.4 is 10.6 Å². The summed E-state index contributed by atoms with van der Waals surface area (Å²) in [7, 11) is -0.436. The zero-order valence-electron chi connectivity index (χ0n) is 13.8. The lowest BCUT2D eigenvalue weighted by Gasteiger charge is -2.21. The van der Waals surface area contributed by atoms with E-state index in [1.165, 1.54) is 10.6 Å². The van der Waals surface area contributed by atoms with Crippen LogP contribution in [0.25, 0.3) is 0 Å². The van der Waals surface area contributed by atoms with Gasteiger partial charge in [0.15, 0.2) is 0 Å². The first kappa shape index (κ1) is 17.5. The summed E-state index contributed by atoms with van der Waals surface area (Å²) in [6.07, 6.45) is 0.796. The lowest BCUT2D eigenvalue weighted by molar-refractivity contribution is 0.160. The van der Waals surface area contributed by atoms with Crippen LogP contribution in [0, 0.1) is 0 Å². The molecule has 0 aliphatic carbocycles. The number of rotatable bonds is 5. The Hall–Kier alpha value is -1.86. The first-order valence-electron chi connectivity index (χ1n) is 8.14. The second-order valence-corrected chi connectivity index (χ2v) is 7.26. The Balaban J connectivity index is 0.000000924. The van der Waals surface area contributed by atoms with E-state index in [2.05, 4.69) is 48.5 Å². The molecular weight excluding hydrogens is 305 g/mol. The molecule has 23 heavy (non-hydrogen) atoms. The van der Waals surface area contributed by atoms with Crippen molar-refractivity contribution in [2.45, 2.75) is 13.8 Å². The van der Waals surface area contributed by atoms with Crippen molar-refractivity contribution in [1.82, 2.24) is 4.90 Å². The Bertz CT molecular complexity index is 549. The Morgan fingerprint density at radius 3 is 1.91 bits per heavy atom. The fraction of sp³-hybridized carbons (Fsp3) is 0.316. The number of amides is 1. The van der Waals surface area contributed by atoms with Crippen LogP contribution in [0.5, 0.6) is 0 Å². The van der Waals surface area contributed by atoms with Crippen LogP contribution in [-0.2, 0) is 4.74 Å². The van der Waals surface area contributed by atoms with Crippen molar-refractivity contribution in [1.29, 1.82) is 0 Å². The van der Waals surface area contributed by atoms with Crippen molar-refractivity contribution in [3.05, 3.63) is 60.7 Å². The molecule has 122 valence electrons. The van der Waals surface area contributed by atoms with Gasteiger partial charge in [-0.25, -0.2) is 4.79 Å². The average molecular weight is 329 g/mol. The molecule has 0 spiro atoms. The molecule has 1 aliphatic rings. The zero-order chi connectivity index (χ0) is 16.5. The van der Waals surface area contributed by atoms with Gasteiger partial charge in [-0.3, -0.25) is 0 Å². The molecule has 0 unspecified atom stereocenters. The molecule has 1 amide bonds. The molecule has 2 aromatic rings. The summed E-state index contributed by atoms with van der Waals surface area (Å²) in [4.78, 5) is 13.4. The molecule has 0 radical (unpaired) electrons. The van der Waals surface area contributed by atoms with Crippen LogP contribution in [-0.4, -0.2) is 36.9 Å². The van der Waals surface area contributed by atoms with E-state index in [9.17, 15) is 4.79 Å². The highest BCUT2D eigenvalue weighted by Gasteiger charge is 2.23. The number of carbonyl (C=O) groups is 1. The SMILES string of the molecule is CC.O=C1OCCN1CCP(c1ccccc1)c1ccccc1. The van der Waals surface area contributed by atoms with Gasteiger partial charge in [-0.05, 0) is 24.7 Å².